The number of nitrogens with one attached hydrogen (secondary N) is 1. The van der Waals surface area contributed by atoms with Gasteiger partial charge in [-0.1, -0.05) is 0 Å². The summed E-state index contributed by atoms with van der Waals surface area (Å²) < 4.78 is 11.0. The van der Waals surface area contributed by atoms with Crippen molar-refractivity contribution in [3.8, 4) is 0 Å². The van der Waals surface area contributed by atoms with Crippen LogP contribution in [0.4, 0.5) is 0 Å². The minimum Gasteiger partial charge on any atom is -0.381 e. The smallest absolute Gasteiger partial charge is 0.0622 e. The third-order valence-corrected chi connectivity index (χ3v) is 4.22. The van der Waals surface area contributed by atoms with E-state index in [2.05, 4.69) is 24.3 Å². The Labute approximate surface area is 105 Å². The van der Waals surface area contributed by atoms with E-state index in [9.17, 15) is 0 Å². The summed E-state index contributed by atoms with van der Waals surface area (Å²) in [6.07, 6.45) is 3.53. The van der Waals surface area contributed by atoms with Gasteiger partial charge in [0, 0.05) is 39.0 Å². The zero-order chi connectivity index (χ0) is 12.1. The summed E-state index contributed by atoms with van der Waals surface area (Å²) in [4.78, 5) is 2.50. The number of hydrogen-bond acceptors (Lipinski definition) is 4. The third-order valence-electron chi connectivity index (χ3n) is 4.22. The van der Waals surface area contributed by atoms with E-state index < -0.39 is 0 Å². The van der Waals surface area contributed by atoms with E-state index in [0.717, 1.165) is 39.5 Å². The first-order chi connectivity index (χ1) is 8.26. The molecule has 4 nitrogen and oxygen atoms in total. The highest BCUT2D eigenvalue weighted by Crippen LogP contribution is 2.31. The standard InChI is InChI=1S/C13H26N2O2/c1-14-10-13(4-7-16-8-5-13)11-15(2)12-3-6-17-9-12/h12,14H,3-11H2,1-2H3. The number of ether oxygens (including phenoxy) is 2. The number of hydrogen-bond donors (Lipinski definition) is 1. The Morgan fingerprint density at radius 3 is 2.59 bits per heavy atom. The second kappa shape index (κ2) is 6.14. The summed E-state index contributed by atoms with van der Waals surface area (Å²) in [5.74, 6) is 0. The van der Waals surface area contributed by atoms with E-state index in [1.807, 2.05) is 0 Å². The highest BCUT2D eigenvalue weighted by atomic mass is 16.5. The first kappa shape index (κ1) is 13.3. The Hall–Kier alpha value is -0.160. The van der Waals surface area contributed by atoms with Gasteiger partial charge in [-0.2, -0.15) is 0 Å². The topological polar surface area (TPSA) is 33.7 Å². The molecule has 0 aromatic carbocycles. The van der Waals surface area contributed by atoms with Crippen LogP contribution >= 0.6 is 0 Å². The van der Waals surface area contributed by atoms with E-state index in [0.29, 0.717) is 11.5 Å². The van der Waals surface area contributed by atoms with Crippen LogP contribution in [0.3, 0.4) is 0 Å². The fraction of sp³-hybridized carbons (Fsp3) is 1.00. The van der Waals surface area contributed by atoms with Crippen molar-refractivity contribution >= 4 is 0 Å². The summed E-state index contributed by atoms with van der Waals surface area (Å²) in [7, 11) is 4.29. The van der Waals surface area contributed by atoms with Crippen LogP contribution in [-0.2, 0) is 9.47 Å². The molecule has 2 aliphatic heterocycles. The van der Waals surface area contributed by atoms with Crippen LogP contribution in [0, 0.1) is 5.41 Å². The van der Waals surface area contributed by atoms with Crippen molar-refractivity contribution in [1.29, 1.82) is 0 Å². The van der Waals surface area contributed by atoms with Gasteiger partial charge in [0.05, 0.1) is 6.61 Å². The molecule has 2 aliphatic rings. The van der Waals surface area contributed by atoms with Crippen LogP contribution in [0.15, 0.2) is 0 Å². The van der Waals surface area contributed by atoms with E-state index in [4.69, 9.17) is 9.47 Å². The molecule has 1 atom stereocenters. The van der Waals surface area contributed by atoms with Crippen LogP contribution in [0.5, 0.6) is 0 Å². The van der Waals surface area contributed by atoms with Gasteiger partial charge in [-0.3, -0.25) is 0 Å². The Morgan fingerprint density at radius 1 is 1.24 bits per heavy atom. The predicted molar refractivity (Wildman–Crippen MR) is 68.3 cm³/mol. The van der Waals surface area contributed by atoms with E-state index in [-0.39, 0.29) is 0 Å². The lowest BCUT2D eigenvalue weighted by Gasteiger charge is -2.41. The SMILES string of the molecule is CNCC1(CN(C)C2CCOC2)CCOCC1. The quantitative estimate of drug-likeness (QED) is 0.770. The molecule has 1 unspecified atom stereocenters. The van der Waals surface area contributed by atoms with E-state index >= 15 is 0 Å². The lowest BCUT2D eigenvalue weighted by molar-refractivity contribution is -0.00641. The molecule has 100 valence electrons. The lowest BCUT2D eigenvalue weighted by atomic mass is 9.79. The molecule has 0 aliphatic carbocycles. The van der Waals surface area contributed by atoms with Gasteiger partial charge in [-0.05, 0) is 38.8 Å². The first-order valence-electron chi connectivity index (χ1n) is 6.76. The molecular weight excluding hydrogens is 216 g/mol. The Balaban J connectivity index is 1.91. The molecule has 2 fully saturated rings. The molecule has 2 rings (SSSR count). The van der Waals surface area contributed by atoms with Gasteiger partial charge in [-0.15, -0.1) is 0 Å². The van der Waals surface area contributed by atoms with Gasteiger partial charge in [0.1, 0.15) is 0 Å². The molecule has 0 spiro atoms. The van der Waals surface area contributed by atoms with E-state index in [1.165, 1.54) is 19.3 Å². The van der Waals surface area contributed by atoms with Crippen molar-refractivity contribution in [1.82, 2.24) is 10.2 Å². The fourth-order valence-corrected chi connectivity index (χ4v) is 3.10. The zero-order valence-corrected chi connectivity index (χ0v) is 11.2. The highest BCUT2D eigenvalue weighted by Gasteiger charge is 2.35. The van der Waals surface area contributed by atoms with Gasteiger partial charge in [0.15, 0.2) is 0 Å². The molecule has 0 saturated carbocycles. The summed E-state index contributed by atoms with van der Waals surface area (Å²) in [5.41, 5.74) is 0.393. The third kappa shape index (κ3) is 3.41. The molecule has 0 aromatic rings. The molecule has 2 saturated heterocycles. The second-order valence-corrected chi connectivity index (χ2v) is 5.58. The molecule has 4 heteroatoms. The molecular formula is C13H26N2O2. The van der Waals surface area contributed by atoms with Gasteiger partial charge in [0.2, 0.25) is 0 Å². The van der Waals surface area contributed by atoms with Gasteiger partial charge >= 0.3 is 0 Å². The maximum atomic E-state index is 5.51. The lowest BCUT2D eigenvalue weighted by Crippen LogP contribution is -2.48. The van der Waals surface area contributed by atoms with Crippen molar-refractivity contribution in [3.05, 3.63) is 0 Å². The molecule has 0 radical (unpaired) electrons. The first-order valence-corrected chi connectivity index (χ1v) is 6.76. The summed E-state index contributed by atoms with van der Waals surface area (Å²) in [6, 6.07) is 0.617. The molecule has 2 heterocycles. The molecule has 0 aromatic heterocycles. The Morgan fingerprint density at radius 2 is 2.00 bits per heavy atom. The Kier molecular flexibility index (Phi) is 4.79. The Bertz CT molecular complexity index is 218. The van der Waals surface area contributed by atoms with Crippen molar-refractivity contribution in [3.63, 3.8) is 0 Å². The van der Waals surface area contributed by atoms with Gasteiger partial charge in [-0.25, -0.2) is 0 Å². The fourth-order valence-electron chi connectivity index (χ4n) is 3.10. The van der Waals surface area contributed by atoms with Crippen LogP contribution in [0.25, 0.3) is 0 Å². The molecule has 0 bridgehead atoms. The van der Waals surface area contributed by atoms with Gasteiger partial charge in [0.25, 0.3) is 0 Å². The second-order valence-electron chi connectivity index (χ2n) is 5.58. The summed E-state index contributed by atoms with van der Waals surface area (Å²) in [5, 5.41) is 3.36. The summed E-state index contributed by atoms with van der Waals surface area (Å²) in [6.45, 7) is 5.91. The monoisotopic (exact) mass is 242 g/mol. The number of likely N-dealkylation sites (N-methyl/N-ethyl adjacent to an activating group) is 1. The van der Waals surface area contributed by atoms with Gasteiger partial charge < -0.3 is 19.7 Å². The van der Waals surface area contributed by atoms with Crippen LogP contribution in [0.1, 0.15) is 19.3 Å². The number of nitrogens with zero attached hydrogens (tertiary/aromatic N) is 1. The molecule has 17 heavy (non-hydrogen) atoms. The molecule has 0 amide bonds. The van der Waals surface area contributed by atoms with Crippen molar-refractivity contribution in [2.24, 2.45) is 5.41 Å². The highest BCUT2D eigenvalue weighted by molar-refractivity contribution is 4.88. The number of rotatable bonds is 5. The maximum absolute atomic E-state index is 5.51. The van der Waals surface area contributed by atoms with Crippen LogP contribution in [0.2, 0.25) is 0 Å². The van der Waals surface area contributed by atoms with E-state index in [1.54, 1.807) is 0 Å². The minimum absolute atomic E-state index is 0.393. The normalized spacial score (nSPS) is 28.8. The predicted octanol–water partition coefficient (Wildman–Crippen LogP) is 0.723. The average Bonchev–Trinajstić information content (AvgIpc) is 2.84. The zero-order valence-electron chi connectivity index (χ0n) is 11.2. The van der Waals surface area contributed by atoms with Crippen LogP contribution in [-0.4, -0.2) is 64.6 Å². The molecule has 1 N–H and O–H groups in total. The largest absolute Gasteiger partial charge is 0.381 e. The van der Waals surface area contributed by atoms with Crippen LogP contribution < -0.4 is 5.32 Å². The maximum Gasteiger partial charge on any atom is 0.0622 e. The minimum atomic E-state index is 0.393. The van der Waals surface area contributed by atoms with Crippen molar-refractivity contribution in [2.75, 3.05) is 53.6 Å². The summed E-state index contributed by atoms with van der Waals surface area (Å²) >= 11 is 0. The average molecular weight is 242 g/mol. The van der Waals surface area contributed by atoms with Crippen molar-refractivity contribution < 1.29 is 9.47 Å². The van der Waals surface area contributed by atoms with Crippen molar-refractivity contribution in [2.45, 2.75) is 25.3 Å².